The molecule has 0 bridgehead atoms. The first-order valence-corrected chi connectivity index (χ1v) is 10.8. The third kappa shape index (κ3) is 4.75. The second-order valence-electron chi connectivity index (χ2n) is 6.91. The highest BCUT2D eigenvalue weighted by Crippen LogP contribution is 2.30. The van der Waals surface area contributed by atoms with Gasteiger partial charge in [-0.1, -0.05) is 23.7 Å². The zero-order valence-electron chi connectivity index (χ0n) is 15.7. The topological polar surface area (TPSA) is 110 Å². The standard InChI is InChI=1S/C19H20ClN3O5S/c1-13-3-2-4-15(11-13)21-19(24)14-7-9-22(10-8-14)29(27,28)16-5-6-17(20)18(12-16)23(25)26/h2-6,11-12,14H,7-10H2,1H3,(H,21,24). The lowest BCUT2D eigenvalue weighted by Crippen LogP contribution is -2.41. The maximum atomic E-state index is 12.8. The summed E-state index contributed by atoms with van der Waals surface area (Å²) < 4.78 is 26.9. The summed E-state index contributed by atoms with van der Waals surface area (Å²) in [5, 5.41) is 13.8. The number of anilines is 1. The van der Waals surface area contributed by atoms with Gasteiger partial charge in [0.25, 0.3) is 5.69 Å². The Hall–Kier alpha value is -2.49. The van der Waals surface area contributed by atoms with E-state index >= 15 is 0 Å². The fraction of sp³-hybridized carbons (Fsp3) is 0.316. The van der Waals surface area contributed by atoms with Gasteiger partial charge < -0.3 is 5.32 Å². The van der Waals surface area contributed by atoms with E-state index in [9.17, 15) is 23.3 Å². The van der Waals surface area contributed by atoms with E-state index in [-0.39, 0.29) is 34.8 Å². The van der Waals surface area contributed by atoms with Gasteiger partial charge in [0.1, 0.15) is 5.02 Å². The number of carbonyl (C=O) groups is 1. The number of amides is 1. The number of piperidine rings is 1. The molecular formula is C19H20ClN3O5S. The van der Waals surface area contributed by atoms with E-state index in [1.807, 2.05) is 25.1 Å². The van der Waals surface area contributed by atoms with Gasteiger partial charge in [-0.3, -0.25) is 14.9 Å². The lowest BCUT2D eigenvalue weighted by Gasteiger charge is -2.30. The Bertz CT molecular complexity index is 1050. The molecule has 0 spiro atoms. The number of nitrogens with one attached hydrogen (secondary N) is 1. The van der Waals surface area contributed by atoms with Crippen LogP contribution in [0.2, 0.25) is 5.02 Å². The SMILES string of the molecule is Cc1cccc(NC(=O)C2CCN(S(=O)(=O)c3ccc(Cl)c([N+](=O)[O-])c3)CC2)c1. The largest absolute Gasteiger partial charge is 0.326 e. The van der Waals surface area contributed by atoms with Crippen LogP contribution in [-0.2, 0) is 14.8 Å². The predicted molar refractivity (Wildman–Crippen MR) is 109 cm³/mol. The first kappa shape index (κ1) is 21.2. The number of halogens is 1. The Balaban J connectivity index is 1.67. The number of carbonyl (C=O) groups excluding carboxylic acids is 1. The molecule has 1 N–H and O–H groups in total. The Morgan fingerprint density at radius 1 is 1.21 bits per heavy atom. The summed E-state index contributed by atoms with van der Waals surface area (Å²) in [6.45, 7) is 2.25. The Labute approximate surface area is 173 Å². The fourth-order valence-electron chi connectivity index (χ4n) is 3.27. The zero-order chi connectivity index (χ0) is 21.2. The molecule has 1 saturated heterocycles. The van der Waals surface area contributed by atoms with Crippen LogP contribution >= 0.6 is 11.6 Å². The van der Waals surface area contributed by atoms with E-state index in [1.165, 1.54) is 16.4 Å². The third-order valence-corrected chi connectivity index (χ3v) is 7.08. The number of hydrogen-bond acceptors (Lipinski definition) is 5. The molecule has 1 aliphatic rings. The molecule has 0 saturated carbocycles. The summed E-state index contributed by atoms with van der Waals surface area (Å²) in [5.41, 5.74) is 1.28. The minimum atomic E-state index is -3.91. The van der Waals surface area contributed by atoms with Crippen molar-refractivity contribution in [1.82, 2.24) is 4.31 Å². The number of nitrogens with zero attached hydrogens (tertiary/aromatic N) is 2. The minimum Gasteiger partial charge on any atom is -0.326 e. The summed E-state index contributed by atoms with van der Waals surface area (Å²) in [4.78, 5) is 22.6. The van der Waals surface area contributed by atoms with Gasteiger partial charge in [-0.05, 0) is 49.6 Å². The second kappa shape index (κ2) is 8.48. The van der Waals surface area contributed by atoms with Crippen LogP contribution in [0.4, 0.5) is 11.4 Å². The first-order valence-electron chi connectivity index (χ1n) is 9.00. The molecular weight excluding hydrogens is 418 g/mol. The van der Waals surface area contributed by atoms with Crippen molar-refractivity contribution in [2.75, 3.05) is 18.4 Å². The van der Waals surface area contributed by atoms with Crippen molar-refractivity contribution in [1.29, 1.82) is 0 Å². The summed E-state index contributed by atoms with van der Waals surface area (Å²) >= 11 is 5.76. The maximum Gasteiger partial charge on any atom is 0.289 e. The molecule has 1 fully saturated rings. The number of nitro benzene ring substituents is 1. The van der Waals surface area contributed by atoms with E-state index in [2.05, 4.69) is 5.32 Å². The van der Waals surface area contributed by atoms with Gasteiger partial charge in [0.2, 0.25) is 15.9 Å². The molecule has 154 valence electrons. The van der Waals surface area contributed by atoms with Crippen molar-refractivity contribution in [2.24, 2.45) is 5.92 Å². The quantitative estimate of drug-likeness (QED) is 0.567. The van der Waals surface area contributed by atoms with Gasteiger partial charge >= 0.3 is 0 Å². The summed E-state index contributed by atoms with van der Waals surface area (Å²) in [6, 6.07) is 10.9. The fourth-order valence-corrected chi connectivity index (χ4v) is 4.94. The third-order valence-electron chi connectivity index (χ3n) is 4.86. The van der Waals surface area contributed by atoms with Crippen molar-refractivity contribution >= 4 is 38.9 Å². The molecule has 0 unspecified atom stereocenters. The Kier molecular flexibility index (Phi) is 6.21. The Morgan fingerprint density at radius 3 is 2.52 bits per heavy atom. The first-order chi connectivity index (χ1) is 13.7. The van der Waals surface area contributed by atoms with E-state index in [1.54, 1.807) is 6.07 Å². The molecule has 2 aromatic carbocycles. The van der Waals surface area contributed by atoms with Gasteiger partial charge in [0.05, 0.1) is 9.82 Å². The van der Waals surface area contributed by atoms with Crippen molar-refractivity contribution in [3.8, 4) is 0 Å². The maximum absolute atomic E-state index is 12.8. The number of hydrogen-bond donors (Lipinski definition) is 1. The lowest BCUT2D eigenvalue weighted by molar-refractivity contribution is -0.384. The molecule has 1 aliphatic heterocycles. The average molecular weight is 438 g/mol. The number of aryl methyl sites for hydroxylation is 1. The molecule has 1 heterocycles. The van der Waals surface area contributed by atoms with Crippen molar-refractivity contribution in [3.05, 3.63) is 63.2 Å². The molecule has 0 aromatic heterocycles. The van der Waals surface area contributed by atoms with Crippen LogP contribution < -0.4 is 5.32 Å². The molecule has 8 nitrogen and oxygen atoms in total. The smallest absolute Gasteiger partial charge is 0.289 e. The van der Waals surface area contributed by atoms with Gasteiger partial charge in [0.15, 0.2) is 0 Å². The van der Waals surface area contributed by atoms with Gasteiger partial charge in [-0.25, -0.2) is 8.42 Å². The molecule has 3 rings (SSSR count). The van der Waals surface area contributed by atoms with E-state index < -0.39 is 20.6 Å². The number of benzene rings is 2. The van der Waals surface area contributed by atoms with Crippen LogP contribution in [0.5, 0.6) is 0 Å². The number of rotatable bonds is 5. The monoisotopic (exact) mass is 437 g/mol. The van der Waals surface area contributed by atoms with Crippen LogP contribution in [0.3, 0.4) is 0 Å². The van der Waals surface area contributed by atoms with E-state index in [4.69, 9.17) is 11.6 Å². The molecule has 10 heteroatoms. The minimum absolute atomic E-state index is 0.125. The molecule has 2 aromatic rings. The molecule has 0 aliphatic carbocycles. The highest BCUT2D eigenvalue weighted by molar-refractivity contribution is 7.89. The van der Waals surface area contributed by atoms with E-state index in [0.717, 1.165) is 11.6 Å². The van der Waals surface area contributed by atoms with Crippen molar-refractivity contribution in [2.45, 2.75) is 24.7 Å². The van der Waals surface area contributed by atoms with Crippen LogP contribution in [0.15, 0.2) is 47.4 Å². The van der Waals surface area contributed by atoms with Gasteiger partial charge in [-0.2, -0.15) is 4.31 Å². The predicted octanol–water partition coefficient (Wildman–Crippen LogP) is 3.60. The summed E-state index contributed by atoms with van der Waals surface area (Å²) in [6.07, 6.45) is 0.735. The molecule has 29 heavy (non-hydrogen) atoms. The van der Waals surface area contributed by atoms with Gasteiger partial charge in [0, 0.05) is 30.8 Å². The summed E-state index contributed by atoms with van der Waals surface area (Å²) in [7, 11) is -3.91. The number of sulfonamides is 1. The van der Waals surface area contributed by atoms with Crippen LogP contribution in [0.1, 0.15) is 18.4 Å². The van der Waals surface area contributed by atoms with Crippen molar-refractivity contribution in [3.63, 3.8) is 0 Å². The normalized spacial score (nSPS) is 15.8. The van der Waals surface area contributed by atoms with Crippen molar-refractivity contribution < 1.29 is 18.1 Å². The molecule has 0 radical (unpaired) electrons. The van der Waals surface area contributed by atoms with Crippen LogP contribution in [0, 0.1) is 23.0 Å². The molecule has 0 atom stereocenters. The summed E-state index contributed by atoms with van der Waals surface area (Å²) in [5.74, 6) is -0.448. The lowest BCUT2D eigenvalue weighted by atomic mass is 9.97. The number of nitro groups is 1. The van der Waals surface area contributed by atoms with E-state index in [0.29, 0.717) is 18.5 Å². The van der Waals surface area contributed by atoms with Crippen LogP contribution in [-0.4, -0.2) is 36.6 Å². The second-order valence-corrected chi connectivity index (χ2v) is 9.25. The Morgan fingerprint density at radius 2 is 1.90 bits per heavy atom. The highest BCUT2D eigenvalue weighted by Gasteiger charge is 2.33. The average Bonchev–Trinajstić information content (AvgIpc) is 2.68. The van der Waals surface area contributed by atoms with Crippen LogP contribution in [0.25, 0.3) is 0 Å². The highest BCUT2D eigenvalue weighted by atomic mass is 35.5. The molecule has 1 amide bonds. The zero-order valence-corrected chi connectivity index (χ0v) is 17.2. The van der Waals surface area contributed by atoms with Gasteiger partial charge in [-0.15, -0.1) is 0 Å².